The highest BCUT2D eigenvalue weighted by Crippen LogP contribution is 2.24. The summed E-state index contributed by atoms with van der Waals surface area (Å²) in [5, 5.41) is 4.67. The van der Waals surface area contributed by atoms with E-state index in [4.69, 9.17) is 9.47 Å². The fourth-order valence-electron chi connectivity index (χ4n) is 2.62. The molecule has 20 heavy (non-hydrogen) atoms. The van der Waals surface area contributed by atoms with Gasteiger partial charge in [-0.05, 0) is 24.2 Å². The number of nitrogens with zero attached hydrogens (tertiary/aromatic N) is 1. The molecule has 1 aliphatic heterocycles. The van der Waals surface area contributed by atoms with Crippen LogP contribution in [0.4, 0.5) is 0 Å². The molecule has 0 saturated carbocycles. The van der Waals surface area contributed by atoms with Gasteiger partial charge < -0.3 is 14.8 Å². The van der Waals surface area contributed by atoms with Crippen molar-refractivity contribution in [1.29, 1.82) is 0 Å². The number of hydrogen-bond acceptors (Lipinski definition) is 4. The molecule has 4 heteroatoms. The first kappa shape index (κ1) is 13.5. The quantitative estimate of drug-likeness (QED) is 0.908. The maximum absolute atomic E-state index is 5.56. The fraction of sp³-hybridized carbons (Fsp3) is 0.438. The van der Waals surface area contributed by atoms with Gasteiger partial charge in [0, 0.05) is 24.0 Å². The number of aromatic nitrogens is 1. The minimum Gasteiger partial charge on any atom is -0.350 e. The lowest BCUT2D eigenvalue weighted by atomic mass is 10.0. The molecule has 0 radical (unpaired) electrons. The molecule has 1 N–H and O–H groups in total. The molecule has 0 bridgehead atoms. The minimum absolute atomic E-state index is 0.0986. The van der Waals surface area contributed by atoms with Gasteiger partial charge >= 0.3 is 0 Å². The second-order valence-electron chi connectivity index (χ2n) is 4.97. The lowest BCUT2D eigenvalue weighted by molar-refractivity contribution is -0.0529. The summed E-state index contributed by atoms with van der Waals surface area (Å²) in [6.45, 7) is 4.42. The van der Waals surface area contributed by atoms with Gasteiger partial charge in [0.25, 0.3) is 0 Å². The molecule has 4 nitrogen and oxygen atoms in total. The molecule has 0 aliphatic carbocycles. The molecule has 1 aromatic heterocycles. The molecular formula is C16H20N2O2. The molecule has 1 saturated heterocycles. The molecule has 1 aliphatic rings. The smallest absolute Gasteiger partial charge is 0.159 e. The monoisotopic (exact) mass is 272 g/mol. The van der Waals surface area contributed by atoms with Crippen molar-refractivity contribution in [3.63, 3.8) is 0 Å². The minimum atomic E-state index is -0.0986. The van der Waals surface area contributed by atoms with Gasteiger partial charge in [-0.2, -0.15) is 0 Å². The van der Waals surface area contributed by atoms with Gasteiger partial charge in [-0.1, -0.05) is 25.1 Å². The zero-order valence-electron chi connectivity index (χ0n) is 11.7. The molecule has 2 heterocycles. The van der Waals surface area contributed by atoms with Gasteiger partial charge in [-0.25, -0.2) is 0 Å². The number of pyridine rings is 1. The van der Waals surface area contributed by atoms with Crippen LogP contribution in [-0.4, -0.2) is 31.0 Å². The second kappa shape index (κ2) is 6.31. The van der Waals surface area contributed by atoms with Crippen molar-refractivity contribution in [3.05, 3.63) is 42.1 Å². The number of fused-ring (bicyclic) bond motifs is 1. The Labute approximate surface area is 119 Å². The standard InChI is InChI=1S/C16H20N2O2/c1-2-17-15(11-16-19-8-9-20-16)13-6-5-12-4-3-7-18-14(12)10-13/h3-7,10,15-17H,2,8-9,11H2,1H3. The SMILES string of the molecule is CCNC(CC1OCCO1)c1ccc2cccnc2c1. The van der Waals surface area contributed by atoms with E-state index in [9.17, 15) is 0 Å². The van der Waals surface area contributed by atoms with E-state index in [1.54, 1.807) is 0 Å². The maximum atomic E-state index is 5.56. The van der Waals surface area contributed by atoms with Crippen LogP contribution in [0.1, 0.15) is 24.9 Å². The summed E-state index contributed by atoms with van der Waals surface area (Å²) < 4.78 is 11.1. The topological polar surface area (TPSA) is 43.4 Å². The van der Waals surface area contributed by atoms with E-state index >= 15 is 0 Å². The highest BCUT2D eigenvalue weighted by atomic mass is 16.7. The lowest BCUT2D eigenvalue weighted by Gasteiger charge is -2.21. The van der Waals surface area contributed by atoms with Crippen molar-refractivity contribution >= 4 is 10.9 Å². The van der Waals surface area contributed by atoms with Crippen molar-refractivity contribution in [2.24, 2.45) is 0 Å². The van der Waals surface area contributed by atoms with Crippen molar-refractivity contribution < 1.29 is 9.47 Å². The molecule has 1 atom stereocenters. The largest absolute Gasteiger partial charge is 0.350 e. The molecule has 1 aromatic carbocycles. The van der Waals surface area contributed by atoms with Crippen LogP contribution in [0.25, 0.3) is 10.9 Å². The fourth-order valence-corrected chi connectivity index (χ4v) is 2.62. The van der Waals surface area contributed by atoms with E-state index in [1.807, 2.05) is 12.3 Å². The molecule has 1 fully saturated rings. The van der Waals surface area contributed by atoms with Crippen molar-refractivity contribution in [1.82, 2.24) is 10.3 Å². The Hall–Kier alpha value is -1.49. The Kier molecular flexibility index (Phi) is 4.25. The lowest BCUT2D eigenvalue weighted by Crippen LogP contribution is -2.25. The van der Waals surface area contributed by atoms with Crippen LogP contribution < -0.4 is 5.32 Å². The molecule has 3 rings (SSSR count). The number of hydrogen-bond donors (Lipinski definition) is 1. The number of ether oxygens (including phenoxy) is 2. The highest BCUT2D eigenvalue weighted by molar-refractivity contribution is 5.78. The van der Waals surface area contributed by atoms with E-state index < -0.39 is 0 Å². The number of nitrogens with one attached hydrogen (secondary N) is 1. The Bertz CT molecular complexity index is 567. The molecule has 0 spiro atoms. The number of benzene rings is 1. The Morgan fingerprint density at radius 1 is 1.30 bits per heavy atom. The predicted octanol–water partition coefficient (Wildman–Crippen LogP) is 2.65. The van der Waals surface area contributed by atoms with E-state index in [1.165, 1.54) is 10.9 Å². The van der Waals surface area contributed by atoms with E-state index in [-0.39, 0.29) is 12.3 Å². The molecular weight excluding hydrogens is 252 g/mol. The average Bonchev–Trinajstić information content (AvgIpc) is 2.99. The third-order valence-corrected chi connectivity index (χ3v) is 3.60. The van der Waals surface area contributed by atoms with Crippen LogP contribution in [0.3, 0.4) is 0 Å². The van der Waals surface area contributed by atoms with Gasteiger partial charge in [0.15, 0.2) is 6.29 Å². The summed E-state index contributed by atoms with van der Waals surface area (Å²) in [7, 11) is 0. The zero-order valence-corrected chi connectivity index (χ0v) is 11.7. The molecule has 1 unspecified atom stereocenters. The third-order valence-electron chi connectivity index (χ3n) is 3.60. The van der Waals surface area contributed by atoms with Gasteiger partial charge in [-0.3, -0.25) is 4.98 Å². The predicted molar refractivity (Wildman–Crippen MR) is 78.5 cm³/mol. The summed E-state index contributed by atoms with van der Waals surface area (Å²) >= 11 is 0. The van der Waals surface area contributed by atoms with Crippen molar-refractivity contribution in [2.75, 3.05) is 19.8 Å². The third kappa shape index (κ3) is 2.98. The van der Waals surface area contributed by atoms with Gasteiger partial charge in [0.2, 0.25) is 0 Å². The molecule has 106 valence electrons. The van der Waals surface area contributed by atoms with Crippen LogP contribution in [0.2, 0.25) is 0 Å². The van der Waals surface area contributed by atoms with Crippen molar-refractivity contribution in [3.8, 4) is 0 Å². The Balaban J connectivity index is 1.83. The summed E-state index contributed by atoms with van der Waals surface area (Å²) in [6.07, 6.45) is 2.56. The maximum Gasteiger partial charge on any atom is 0.159 e. The summed E-state index contributed by atoms with van der Waals surface area (Å²) in [5.74, 6) is 0. The zero-order chi connectivity index (χ0) is 13.8. The Morgan fingerprint density at radius 3 is 2.95 bits per heavy atom. The van der Waals surface area contributed by atoms with Crippen LogP contribution in [-0.2, 0) is 9.47 Å². The van der Waals surface area contributed by atoms with E-state index in [2.05, 4.69) is 41.5 Å². The average molecular weight is 272 g/mol. The molecule has 2 aromatic rings. The van der Waals surface area contributed by atoms with Crippen LogP contribution in [0.15, 0.2) is 36.5 Å². The first-order chi connectivity index (χ1) is 9.86. The molecule has 0 amide bonds. The van der Waals surface area contributed by atoms with Crippen LogP contribution in [0.5, 0.6) is 0 Å². The summed E-state index contributed by atoms with van der Waals surface area (Å²) in [5.41, 5.74) is 2.26. The van der Waals surface area contributed by atoms with Crippen LogP contribution in [0, 0.1) is 0 Å². The van der Waals surface area contributed by atoms with Gasteiger partial charge in [0.1, 0.15) is 0 Å². The van der Waals surface area contributed by atoms with E-state index in [0.29, 0.717) is 13.2 Å². The van der Waals surface area contributed by atoms with E-state index in [0.717, 1.165) is 18.5 Å². The highest BCUT2D eigenvalue weighted by Gasteiger charge is 2.22. The number of rotatable bonds is 5. The normalized spacial score (nSPS) is 17.6. The Morgan fingerprint density at radius 2 is 2.15 bits per heavy atom. The van der Waals surface area contributed by atoms with Gasteiger partial charge in [0.05, 0.1) is 18.7 Å². The first-order valence-corrected chi connectivity index (χ1v) is 7.18. The second-order valence-corrected chi connectivity index (χ2v) is 4.97. The summed E-state index contributed by atoms with van der Waals surface area (Å²) in [6, 6.07) is 10.7. The van der Waals surface area contributed by atoms with Gasteiger partial charge in [-0.15, -0.1) is 0 Å². The summed E-state index contributed by atoms with van der Waals surface area (Å²) in [4.78, 5) is 4.43. The van der Waals surface area contributed by atoms with Crippen LogP contribution >= 0.6 is 0 Å². The first-order valence-electron chi connectivity index (χ1n) is 7.18. The van der Waals surface area contributed by atoms with Crippen molar-refractivity contribution in [2.45, 2.75) is 25.7 Å².